The van der Waals surface area contributed by atoms with Gasteiger partial charge in [0.15, 0.2) is 0 Å². The molecule has 16 heavy (non-hydrogen) atoms. The van der Waals surface area contributed by atoms with Crippen LogP contribution in [0.2, 0.25) is 5.02 Å². The topological polar surface area (TPSA) is 64.2 Å². The summed E-state index contributed by atoms with van der Waals surface area (Å²) in [5, 5.41) is 5.40. The predicted octanol–water partition coefficient (Wildman–Crippen LogP) is 1.80. The number of hydrogen-bond acceptors (Lipinski definition) is 3. The Labute approximate surface area is 97.4 Å². The normalized spacial score (nSPS) is 10.7. The zero-order valence-corrected chi connectivity index (χ0v) is 9.69. The summed E-state index contributed by atoms with van der Waals surface area (Å²) in [6, 6.07) is 4.85. The Balaban J connectivity index is 2.64. The van der Waals surface area contributed by atoms with Gasteiger partial charge in [-0.1, -0.05) is 11.6 Å². The average molecular weight is 239 g/mol. The molecule has 1 aromatic carbocycles. The zero-order chi connectivity index (χ0) is 11.9. The number of anilines is 1. The summed E-state index contributed by atoms with van der Waals surface area (Å²) in [4.78, 5) is 13.1. The highest BCUT2D eigenvalue weighted by Crippen LogP contribution is 2.23. The average Bonchev–Trinajstić information content (AvgIpc) is 2.54. The van der Waals surface area contributed by atoms with Gasteiger partial charge in [-0.25, -0.2) is 4.79 Å². The van der Waals surface area contributed by atoms with E-state index in [0.29, 0.717) is 16.4 Å². The number of benzene rings is 1. The minimum atomic E-state index is -0.287. The molecular formula is C10H11ClN4O. The van der Waals surface area contributed by atoms with Crippen molar-refractivity contribution in [3.8, 4) is 0 Å². The fourth-order valence-corrected chi connectivity index (χ4v) is 1.58. The van der Waals surface area contributed by atoms with Crippen molar-refractivity contribution >= 4 is 34.4 Å². The molecule has 2 N–H and O–H groups in total. The SMILES string of the molecule is CN(C)C(=O)n1nc2cc(Cl)ccc2c1N. The monoisotopic (exact) mass is 238 g/mol. The highest BCUT2D eigenvalue weighted by atomic mass is 35.5. The van der Waals surface area contributed by atoms with Crippen molar-refractivity contribution in [1.82, 2.24) is 14.7 Å². The van der Waals surface area contributed by atoms with E-state index in [1.807, 2.05) is 0 Å². The lowest BCUT2D eigenvalue weighted by atomic mass is 10.2. The molecule has 5 nitrogen and oxygen atoms in total. The first-order chi connectivity index (χ1) is 7.50. The highest BCUT2D eigenvalue weighted by Gasteiger charge is 2.15. The maximum atomic E-state index is 11.7. The molecule has 0 aliphatic carbocycles. The number of nitrogens with zero attached hydrogens (tertiary/aromatic N) is 3. The molecule has 0 radical (unpaired) electrons. The lowest BCUT2D eigenvalue weighted by molar-refractivity contribution is 0.216. The Morgan fingerprint density at radius 2 is 2.19 bits per heavy atom. The van der Waals surface area contributed by atoms with E-state index < -0.39 is 0 Å². The highest BCUT2D eigenvalue weighted by molar-refractivity contribution is 6.31. The van der Waals surface area contributed by atoms with E-state index in [-0.39, 0.29) is 6.03 Å². The third-order valence-electron chi connectivity index (χ3n) is 2.24. The second kappa shape index (κ2) is 3.68. The lowest BCUT2D eigenvalue weighted by Crippen LogP contribution is -2.29. The molecule has 0 saturated carbocycles. The third kappa shape index (κ3) is 1.59. The van der Waals surface area contributed by atoms with Gasteiger partial charge in [0.2, 0.25) is 0 Å². The first kappa shape index (κ1) is 10.8. The van der Waals surface area contributed by atoms with Gasteiger partial charge < -0.3 is 10.6 Å². The standard InChI is InChI=1S/C10H11ClN4O/c1-14(2)10(16)15-9(12)7-4-3-6(11)5-8(7)13-15/h3-5H,12H2,1-2H3. The van der Waals surface area contributed by atoms with Crippen LogP contribution in [-0.4, -0.2) is 34.8 Å². The number of fused-ring (bicyclic) bond motifs is 1. The Hall–Kier alpha value is -1.75. The number of hydrogen-bond donors (Lipinski definition) is 1. The number of carbonyl (C=O) groups is 1. The molecule has 0 bridgehead atoms. The fourth-order valence-electron chi connectivity index (χ4n) is 1.42. The Morgan fingerprint density at radius 1 is 1.50 bits per heavy atom. The van der Waals surface area contributed by atoms with Gasteiger partial charge in [0, 0.05) is 24.5 Å². The third-order valence-corrected chi connectivity index (χ3v) is 2.47. The Kier molecular flexibility index (Phi) is 2.47. The number of aromatic nitrogens is 2. The molecule has 1 aromatic heterocycles. The number of rotatable bonds is 0. The second-order valence-corrected chi connectivity index (χ2v) is 4.07. The molecule has 0 spiro atoms. The van der Waals surface area contributed by atoms with Crippen LogP contribution in [0.1, 0.15) is 0 Å². The minimum Gasteiger partial charge on any atom is -0.383 e. The number of nitrogen functional groups attached to an aromatic ring is 1. The molecule has 6 heteroatoms. The molecule has 0 saturated heterocycles. The van der Waals surface area contributed by atoms with E-state index in [1.165, 1.54) is 9.58 Å². The largest absolute Gasteiger partial charge is 0.383 e. The Morgan fingerprint density at radius 3 is 2.81 bits per heavy atom. The quantitative estimate of drug-likeness (QED) is 0.761. The van der Waals surface area contributed by atoms with Crippen LogP contribution in [0.15, 0.2) is 18.2 Å². The van der Waals surface area contributed by atoms with Crippen LogP contribution in [-0.2, 0) is 0 Å². The lowest BCUT2D eigenvalue weighted by Gasteiger charge is -2.10. The van der Waals surface area contributed by atoms with Crippen LogP contribution < -0.4 is 5.73 Å². The van der Waals surface area contributed by atoms with Crippen LogP contribution in [0.5, 0.6) is 0 Å². The van der Waals surface area contributed by atoms with Crippen molar-refractivity contribution in [2.45, 2.75) is 0 Å². The van der Waals surface area contributed by atoms with E-state index in [0.717, 1.165) is 5.39 Å². The van der Waals surface area contributed by atoms with Gasteiger partial charge in [0.05, 0.1) is 5.52 Å². The van der Waals surface area contributed by atoms with Crippen molar-refractivity contribution in [2.75, 3.05) is 19.8 Å². The van der Waals surface area contributed by atoms with Crippen molar-refractivity contribution in [3.05, 3.63) is 23.2 Å². The smallest absolute Gasteiger partial charge is 0.346 e. The second-order valence-electron chi connectivity index (χ2n) is 3.64. The summed E-state index contributed by atoms with van der Waals surface area (Å²) in [6.45, 7) is 0. The summed E-state index contributed by atoms with van der Waals surface area (Å²) in [7, 11) is 3.28. The zero-order valence-electron chi connectivity index (χ0n) is 8.94. The first-order valence-electron chi connectivity index (χ1n) is 4.66. The molecule has 0 atom stereocenters. The van der Waals surface area contributed by atoms with E-state index in [1.54, 1.807) is 32.3 Å². The Bertz CT molecular complexity index is 561. The molecule has 2 aromatic rings. The summed E-state index contributed by atoms with van der Waals surface area (Å²) >= 11 is 5.84. The van der Waals surface area contributed by atoms with Gasteiger partial charge in [-0.15, -0.1) is 0 Å². The van der Waals surface area contributed by atoms with Crippen molar-refractivity contribution < 1.29 is 4.79 Å². The number of nitrogens with two attached hydrogens (primary N) is 1. The minimum absolute atomic E-state index is 0.287. The molecule has 1 amide bonds. The number of carbonyl (C=O) groups excluding carboxylic acids is 1. The summed E-state index contributed by atoms with van der Waals surface area (Å²) in [6.07, 6.45) is 0. The van der Waals surface area contributed by atoms with Gasteiger partial charge >= 0.3 is 6.03 Å². The summed E-state index contributed by atoms with van der Waals surface area (Å²) in [5.74, 6) is 0.324. The number of amides is 1. The van der Waals surface area contributed by atoms with Crippen LogP contribution in [0.4, 0.5) is 10.6 Å². The van der Waals surface area contributed by atoms with Crippen LogP contribution in [0.3, 0.4) is 0 Å². The van der Waals surface area contributed by atoms with Gasteiger partial charge in [-0.3, -0.25) is 0 Å². The molecule has 0 fully saturated rings. The maximum Gasteiger partial charge on any atom is 0.346 e. The first-order valence-corrected chi connectivity index (χ1v) is 5.04. The van der Waals surface area contributed by atoms with Crippen molar-refractivity contribution in [3.63, 3.8) is 0 Å². The number of halogens is 1. The molecule has 2 rings (SSSR count). The van der Waals surface area contributed by atoms with Crippen molar-refractivity contribution in [1.29, 1.82) is 0 Å². The van der Waals surface area contributed by atoms with Crippen LogP contribution in [0, 0.1) is 0 Å². The van der Waals surface area contributed by atoms with E-state index in [9.17, 15) is 4.79 Å². The summed E-state index contributed by atoms with van der Waals surface area (Å²) in [5.41, 5.74) is 6.45. The van der Waals surface area contributed by atoms with Crippen LogP contribution >= 0.6 is 11.6 Å². The van der Waals surface area contributed by atoms with Gasteiger partial charge in [-0.2, -0.15) is 9.78 Å². The van der Waals surface area contributed by atoms with E-state index >= 15 is 0 Å². The molecule has 1 heterocycles. The van der Waals surface area contributed by atoms with Gasteiger partial charge in [0.25, 0.3) is 0 Å². The fraction of sp³-hybridized carbons (Fsp3) is 0.200. The van der Waals surface area contributed by atoms with Gasteiger partial charge in [-0.05, 0) is 18.2 Å². The molecule has 0 aliphatic heterocycles. The van der Waals surface area contributed by atoms with E-state index in [4.69, 9.17) is 17.3 Å². The molecule has 0 aliphatic rings. The maximum absolute atomic E-state index is 11.7. The van der Waals surface area contributed by atoms with E-state index in [2.05, 4.69) is 5.10 Å². The molecule has 0 unspecified atom stereocenters. The van der Waals surface area contributed by atoms with Crippen LogP contribution in [0.25, 0.3) is 10.9 Å². The molecule has 84 valence electrons. The van der Waals surface area contributed by atoms with Gasteiger partial charge in [0.1, 0.15) is 5.82 Å². The predicted molar refractivity (Wildman–Crippen MR) is 63.6 cm³/mol. The summed E-state index contributed by atoms with van der Waals surface area (Å²) < 4.78 is 1.17. The van der Waals surface area contributed by atoms with Crippen molar-refractivity contribution in [2.24, 2.45) is 0 Å². The molecular weight excluding hydrogens is 228 g/mol.